The van der Waals surface area contributed by atoms with E-state index in [0.29, 0.717) is 28.5 Å². The first-order chi connectivity index (χ1) is 16.0. The molecule has 0 bridgehead atoms. The number of carbonyl (C=O) groups is 2. The van der Waals surface area contributed by atoms with Gasteiger partial charge in [0.05, 0.1) is 38.3 Å². The molecule has 8 heteroatoms. The van der Waals surface area contributed by atoms with Gasteiger partial charge in [-0.25, -0.2) is 9.29 Å². The van der Waals surface area contributed by atoms with Crippen molar-refractivity contribution in [1.82, 2.24) is 0 Å². The van der Waals surface area contributed by atoms with Gasteiger partial charge >= 0.3 is 0 Å². The number of nitrogens with zero attached hydrogens (tertiary/aromatic N) is 1. The molecule has 1 aliphatic heterocycles. The first kappa shape index (κ1) is 21.9. The molecule has 1 N–H and O–H groups in total. The summed E-state index contributed by atoms with van der Waals surface area (Å²) in [5.74, 6) is -0.191. The van der Waals surface area contributed by atoms with E-state index in [2.05, 4.69) is 5.32 Å². The summed E-state index contributed by atoms with van der Waals surface area (Å²) in [6, 6.07) is 17.1. The van der Waals surface area contributed by atoms with E-state index in [0.717, 1.165) is 11.0 Å². The highest BCUT2D eigenvalue weighted by Crippen LogP contribution is 2.37. The minimum Gasteiger partial charge on any atom is -0.497 e. The first-order valence-corrected chi connectivity index (χ1v) is 9.99. The van der Waals surface area contributed by atoms with Crippen LogP contribution >= 0.6 is 0 Å². The van der Waals surface area contributed by atoms with Crippen LogP contribution in [0, 0.1) is 5.82 Å². The Labute approximate surface area is 190 Å². The van der Waals surface area contributed by atoms with E-state index in [1.807, 2.05) is 0 Å². The van der Waals surface area contributed by atoms with E-state index >= 15 is 0 Å². The van der Waals surface area contributed by atoms with Crippen LogP contribution in [0.1, 0.15) is 5.56 Å². The van der Waals surface area contributed by atoms with Crippen LogP contribution in [0.25, 0.3) is 5.57 Å². The summed E-state index contributed by atoms with van der Waals surface area (Å²) in [4.78, 5) is 27.9. The minimum atomic E-state index is -0.624. The molecule has 3 aromatic carbocycles. The van der Waals surface area contributed by atoms with Crippen LogP contribution in [0.15, 0.2) is 72.4 Å². The molecule has 1 heterocycles. The summed E-state index contributed by atoms with van der Waals surface area (Å²) in [5.41, 5.74) is 1.22. The Kier molecular flexibility index (Phi) is 5.99. The van der Waals surface area contributed by atoms with Gasteiger partial charge in [-0.1, -0.05) is 18.2 Å². The van der Waals surface area contributed by atoms with Crippen molar-refractivity contribution in [1.29, 1.82) is 0 Å². The van der Waals surface area contributed by atoms with Gasteiger partial charge in [0.1, 0.15) is 28.8 Å². The van der Waals surface area contributed by atoms with Crippen molar-refractivity contribution in [3.8, 4) is 17.2 Å². The zero-order chi connectivity index (χ0) is 23.5. The lowest BCUT2D eigenvalue weighted by atomic mass is 10.0. The van der Waals surface area contributed by atoms with Crippen LogP contribution < -0.4 is 24.4 Å². The second-order valence-corrected chi connectivity index (χ2v) is 7.10. The number of carbonyl (C=O) groups excluding carboxylic acids is 2. The molecule has 33 heavy (non-hydrogen) atoms. The van der Waals surface area contributed by atoms with Crippen molar-refractivity contribution in [2.45, 2.75) is 0 Å². The molecule has 0 aromatic heterocycles. The quantitative estimate of drug-likeness (QED) is 0.545. The number of nitrogens with one attached hydrogen (secondary N) is 1. The number of amides is 2. The molecule has 0 saturated carbocycles. The first-order valence-electron chi connectivity index (χ1n) is 9.99. The predicted molar refractivity (Wildman–Crippen MR) is 122 cm³/mol. The van der Waals surface area contributed by atoms with Crippen molar-refractivity contribution >= 4 is 28.8 Å². The third-order valence-corrected chi connectivity index (χ3v) is 5.20. The SMILES string of the molecule is COc1ccc(C2=C(Nc3cc(OC)ccc3OC)C(=O)N(c3cccc(F)c3)C2=O)cc1. The molecule has 3 aromatic rings. The number of anilines is 2. The van der Waals surface area contributed by atoms with Gasteiger partial charge in [0.15, 0.2) is 0 Å². The Balaban J connectivity index is 1.85. The standard InChI is InChI=1S/C25H21FN2O5/c1-31-18-9-7-15(8-10-18)22-23(27-20-14-19(32-2)11-12-21(20)33-3)25(30)28(24(22)29)17-6-4-5-16(26)13-17/h4-14,27H,1-3H3. The number of imide groups is 1. The Hall–Kier alpha value is -4.33. The maximum atomic E-state index is 13.9. The summed E-state index contributed by atoms with van der Waals surface area (Å²) in [7, 11) is 4.54. The van der Waals surface area contributed by atoms with Crippen molar-refractivity contribution in [3.05, 3.63) is 83.8 Å². The number of ether oxygens (including phenoxy) is 3. The normalized spacial score (nSPS) is 13.4. The van der Waals surface area contributed by atoms with Crippen LogP contribution in [0.3, 0.4) is 0 Å². The van der Waals surface area contributed by atoms with Crippen LogP contribution in [0.2, 0.25) is 0 Å². The molecule has 0 radical (unpaired) electrons. The number of hydrogen-bond acceptors (Lipinski definition) is 6. The topological polar surface area (TPSA) is 77.1 Å². The van der Waals surface area contributed by atoms with E-state index in [4.69, 9.17) is 14.2 Å². The summed E-state index contributed by atoms with van der Waals surface area (Å²) in [6.07, 6.45) is 0. The molecule has 0 fully saturated rings. The molecule has 0 atom stereocenters. The van der Waals surface area contributed by atoms with Crippen molar-refractivity contribution in [2.24, 2.45) is 0 Å². The lowest BCUT2D eigenvalue weighted by Gasteiger charge is -2.16. The second-order valence-electron chi connectivity index (χ2n) is 7.10. The average molecular weight is 448 g/mol. The summed E-state index contributed by atoms with van der Waals surface area (Å²) in [6.45, 7) is 0. The van der Waals surface area contributed by atoms with Crippen molar-refractivity contribution < 1.29 is 28.2 Å². The fraction of sp³-hybridized carbons (Fsp3) is 0.120. The fourth-order valence-corrected chi connectivity index (χ4v) is 3.57. The van der Waals surface area contributed by atoms with Gasteiger partial charge in [0.2, 0.25) is 0 Å². The molecule has 0 aliphatic carbocycles. The largest absolute Gasteiger partial charge is 0.497 e. The zero-order valence-electron chi connectivity index (χ0n) is 18.2. The van der Waals surface area contributed by atoms with Gasteiger partial charge in [0, 0.05) is 6.07 Å². The smallest absolute Gasteiger partial charge is 0.282 e. The molecule has 0 spiro atoms. The van der Waals surface area contributed by atoms with Gasteiger partial charge in [-0.05, 0) is 48.0 Å². The van der Waals surface area contributed by atoms with Gasteiger partial charge in [-0.2, -0.15) is 0 Å². The van der Waals surface area contributed by atoms with Crippen LogP contribution in [0.5, 0.6) is 17.2 Å². The van der Waals surface area contributed by atoms with Gasteiger partial charge < -0.3 is 19.5 Å². The highest BCUT2D eigenvalue weighted by molar-refractivity contribution is 6.46. The number of methoxy groups -OCH3 is 3. The Morgan fingerprint density at radius 1 is 0.788 bits per heavy atom. The monoisotopic (exact) mass is 448 g/mol. The molecule has 0 saturated heterocycles. The lowest BCUT2D eigenvalue weighted by molar-refractivity contribution is -0.120. The number of hydrogen-bond donors (Lipinski definition) is 1. The molecular formula is C25H21FN2O5. The van der Waals surface area contributed by atoms with E-state index in [1.54, 1.807) is 42.5 Å². The highest BCUT2D eigenvalue weighted by Gasteiger charge is 2.40. The summed E-state index contributed by atoms with van der Waals surface area (Å²) in [5, 5.41) is 3.04. The van der Waals surface area contributed by atoms with E-state index < -0.39 is 17.6 Å². The summed E-state index contributed by atoms with van der Waals surface area (Å²) >= 11 is 0. The maximum absolute atomic E-state index is 13.9. The lowest BCUT2D eigenvalue weighted by Crippen LogP contribution is -2.32. The Bertz CT molecular complexity index is 1250. The zero-order valence-corrected chi connectivity index (χ0v) is 18.2. The Morgan fingerprint density at radius 3 is 2.12 bits per heavy atom. The molecule has 0 unspecified atom stereocenters. The Morgan fingerprint density at radius 2 is 1.48 bits per heavy atom. The molecular weight excluding hydrogens is 427 g/mol. The maximum Gasteiger partial charge on any atom is 0.282 e. The fourth-order valence-electron chi connectivity index (χ4n) is 3.57. The number of halogens is 1. The van der Waals surface area contributed by atoms with Crippen molar-refractivity contribution in [2.75, 3.05) is 31.5 Å². The van der Waals surface area contributed by atoms with Gasteiger partial charge in [-0.15, -0.1) is 0 Å². The highest BCUT2D eigenvalue weighted by atomic mass is 19.1. The van der Waals surface area contributed by atoms with Crippen LogP contribution in [-0.2, 0) is 9.59 Å². The summed E-state index contributed by atoms with van der Waals surface area (Å²) < 4.78 is 29.8. The molecule has 4 rings (SSSR count). The van der Waals surface area contributed by atoms with E-state index in [1.165, 1.54) is 39.5 Å². The molecule has 168 valence electrons. The van der Waals surface area contributed by atoms with Crippen LogP contribution in [0.4, 0.5) is 15.8 Å². The molecule has 7 nitrogen and oxygen atoms in total. The van der Waals surface area contributed by atoms with E-state index in [-0.39, 0.29) is 17.0 Å². The van der Waals surface area contributed by atoms with Crippen molar-refractivity contribution in [3.63, 3.8) is 0 Å². The third-order valence-electron chi connectivity index (χ3n) is 5.20. The third kappa shape index (κ3) is 4.10. The van der Waals surface area contributed by atoms with Gasteiger partial charge in [-0.3, -0.25) is 9.59 Å². The number of benzene rings is 3. The molecule has 1 aliphatic rings. The number of rotatable bonds is 7. The minimum absolute atomic E-state index is 0.0287. The van der Waals surface area contributed by atoms with E-state index in [9.17, 15) is 14.0 Å². The molecule has 2 amide bonds. The van der Waals surface area contributed by atoms with Gasteiger partial charge in [0.25, 0.3) is 11.8 Å². The second kappa shape index (κ2) is 9.04. The average Bonchev–Trinajstić information content (AvgIpc) is 3.08. The predicted octanol–water partition coefficient (Wildman–Crippen LogP) is 4.25. The van der Waals surface area contributed by atoms with Crippen LogP contribution in [-0.4, -0.2) is 33.1 Å².